The normalized spacial score (nSPS) is 13.0. The van der Waals surface area contributed by atoms with Crippen LogP contribution in [0.2, 0.25) is 0 Å². The van der Waals surface area contributed by atoms with Gasteiger partial charge in [-0.1, -0.05) is 79.1 Å². The molecule has 0 aliphatic heterocycles. The zero-order chi connectivity index (χ0) is 24.2. The summed E-state index contributed by atoms with van der Waals surface area (Å²) >= 11 is 0. The van der Waals surface area contributed by atoms with Crippen molar-refractivity contribution in [3.63, 3.8) is 0 Å². The summed E-state index contributed by atoms with van der Waals surface area (Å²) in [7, 11) is 0.359. The molecule has 0 saturated heterocycles. The third-order valence-electron chi connectivity index (χ3n) is 5.10. The lowest BCUT2D eigenvalue weighted by atomic mass is 10.0. The van der Waals surface area contributed by atoms with Gasteiger partial charge < -0.3 is 14.4 Å². The second-order valence-corrected chi connectivity index (χ2v) is 9.60. The first-order valence-corrected chi connectivity index (χ1v) is 13.0. The van der Waals surface area contributed by atoms with Crippen molar-refractivity contribution in [2.75, 3.05) is 19.4 Å². The van der Waals surface area contributed by atoms with Crippen molar-refractivity contribution >= 4 is 26.0 Å². The number of hydrogen-bond acceptors (Lipinski definition) is 6. The van der Waals surface area contributed by atoms with Crippen molar-refractivity contribution < 1.29 is 28.8 Å². The zero-order valence-electron chi connectivity index (χ0n) is 20.4. The summed E-state index contributed by atoms with van der Waals surface area (Å²) in [6, 6.07) is 0. The molecular formula is C24H43O6P. The quantitative estimate of drug-likeness (QED) is 0.101. The Morgan fingerprint density at radius 2 is 1.42 bits per heavy atom. The highest BCUT2D eigenvalue weighted by molar-refractivity contribution is 7.53. The zero-order valence-corrected chi connectivity index (χ0v) is 21.3. The predicted molar refractivity (Wildman–Crippen MR) is 128 cm³/mol. The smallest absolute Gasteiger partial charge is 0.372 e. The second kappa shape index (κ2) is 20.3. The highest BCUT2D eigenvalue weighted by Crippen LogP contribution is 2.44. The van der Waals surface area contributed by atoms with Crippen LogP contribution in [0.15, 0.2) is 17.9 Å². The number of aliphatic hydroxyl groups is 1. The van der Waals surface area contributed by atoms with E-state index < -0.39 is 25.8 Å². The van der Waals surface area contributed by atoms with E-state index >= 15 is 0 Å². The number of methoxy groups -OCH3 is 1. The van der Waals surface area contributed by atoms with Gasteiger partial charge in [-0.2, -0.15) is 0 Å². The van der Waals surface area contributed by atoms with Gasteiger partial charge in [0.2, 0.25) is 0 Å². The largest absolute Gasteiger partial charge is 0.502 e. The molecule has 0 rings (SSSR count). The van der Waals surface area contributed by atoms with E-state index in [1.807, 2.05) is 0 Å². The van der Waals surface area contributed by atoms with Crippen LogP contribution in [0.1, 0.15) is 86.0 Å². The van der Waals surface area contributed by atoms with Crippen molar-refractivity contribution in [1.82, 2.24) is 0 Å². The molecule has 0 aromatic rings. The first-order valence-electron chi connectivity index (χ1n) is 11.3. The standard InChI is InChI=1S/C20H37O3P.C4H6O3/c1-6-10-12-18(8-3)15-24(23-20(22)17(5)14-21)16-19(9-4)13-11-7-2;1-3(5)4(6)7-2/h18-19H,6-13,15-16H2,1-5H3;5H,1H2,2H3. The Hall–Kier alpha value is -1.64. The highest BCUT2D eigenvalue weighted by Gasteiger charge is 2.23. The van der Waals surface area contributed by atoms with Crippen molar-refractivity contribution in [2.24, 2.45) is 11.8 Å². The monoisotopic (exact) mass is 458 g/mol. The maximum absolute atomic E-state index is 12.0. The lowest BCUT2D eigenvalue weighted by molar-refractivity contribution is -0.139. The minimum absolute atomic E-state index is 0.0608. The van der Waals surface area contributed by atoms with E-state index in [9.17, 15) is 14.4 Å². The lowest BCUT2D eigenvalue weighted by Gasteiger charge is -2.26. The summed E-state index contributed by atoms with van der Waals surface area (Å²) < 4.78 is 9.78. The van der Waals surface area contributed by atoms with Gasteiger partial charge in [-0.25, -0.2) is 14.4 Å². The van der Waals surface area contributed by atoms with E-state index in [1.54, 1.807) is 5.94 Å². The molecule has 0 aliphatic rings. The number of aliphatic hydroxyl groups excluding tert-OH is 1. The molecule has 0 saturated carbocycles. The van der Waals surface area contributed by atoms with Gasteiger partial charge in [-0.3, -0.25) is 0 Å². The number of unbranched alkanes of at least 4 members (excludes halogenated alkanes) is 2. The number of ether oxygens (including phenoxy) is 1. The molecular weight excluding hydrogens is 415 g/mol. The molecule has 0 fully saturated rings. The minimum Gasteiger partial charge on any atom is -0.502 e. The summed E-state index contributed by atoms with van der Waals surface area (Å²) in [5.41, 5.74) is 0.0608. The number of carbonyl (C=O) groups excluding carboxylic acids is 3. The van der Waals surface area contributed by atoms with Crippen LogP contribution in [0.3, 0.4) is 0 Å². The van der Waals surface area contributed by atoms with E-state index in [4.69, 9.17) is 9.63 Å². The first-order chi connectivity index (χ1) is 14.7. The van der Waals surface area contributed by atoms with Gasteiger partial charge in [0.1, 0.15) is 11.5 Å². The minimum atomic E-state index is -0.811. The Balaban J connectivity index is 0. The topological polar surface area (TPSA) is 89.9 Å². The van der Waals surface area contributed by atoms with E-state index in [0.717, 1.165) is 25.2 Å². The molecule has 6 nitrogen and oxygen atoms in total. The Bertz CT molecular complexity index is 550. The molecule has 31 heavy (non-hydrogen) atoms. The molecule has 2 atom stereocenters. The molecule has 7 heteroatoms. The van der Waals surface area contributed by atoms with Crippen molar-refractivity contribution in [3.8, 4) is 0 Å². The summed E-state index contributed by atoms with van der Waals surface area (Å²) in [6.07, 6.45) is 11.5. The van der Waals surface area contributed by atoms with Gasteiger partial charge in [0.25, 0.3) is 0 Å². The van der Waals surface area contributed by atoms with Crippen LogP contribution in [0.25, 0.3) is 0 Å². The third kappa shape index (κ3) is 16.7. The molecule has 0 bridgehead atoms. The molecule has 2 unspecified atom stereocenters. The number of carbonyl (C=O) groups is 2. The maximum Gasteiger partial charge on any atom is 0.372 e. The molecule has 0 spiro atoms. The Labute approximate surface area is 190 Å². The summed E-state index contributed by atoms with van der Waals surface area (Å²) in [5, 5.41) is 8.15. The van der Waals surface area contributed by atoms with E-state index in [2.05, 4.69) is 39.0 Å². The molecule has 0 amide bonds. The van der Waals surface area contributed by atoms with Crippen LogP contribution in [0, 0.1) is 11.8 Å². The molecule has 0 radical (unpaired) electrons. The molecule has 0 aliphatic carbocycles. The predicted octanol–water partition coefficient (Wildman–Crippen LogP) is 6.37. The van der Waals surface area contributed by atoms with Crippen LogP contribution in [0.5, 0.6) is 0 Å². The van der Waals surface area contributed by atoms with Crippen LogP contribution in [-0.4, -0.2) is 42.4 Å². The van der Waals surface area contributed by atoms with Crippen molar-refractivity contribution in [1.29, 1.82) is 0 Å². The fourth-order valence-electron chi connectivity index (χ4n) is 2.90. The van der Waals surface area contributed by atoms with Crippen LogP contribution in [0.4, 0.5) is 0 Å². The van der Waals surface area contributed by atoms with Gasteiger partial charge in [0.05, 0.1) is 15.3 Å². The number of esters is 1. The average Bonchev–Trinajstić information content (AvgIpc) is 2.77. The van der Waals surface area contributed by atoms with Gasteiger partial charge in [-0.05, 0) is 25.3 Å². The molecule has 1 N–H and O–H groups in total. The van der Waals surface area contributed by atoms with E-state index in [0.29, 0.717) is 11.8 Å². The molecule has 0 aromatic carbocycles. The van der Waals surface area contributed by atoms with Crippen LogP contribution < -0.4 is 0 Å². The van der Waals surface area contributed by atoms with Gasteiger partial charge in [-0.15, -0.1) is 0 Å². The fourth-order valence-corrected chi connectivity index (χ4v) is 5.61. The third-order valence-corrected chi connectivity index (χ3v) is 7.37. The highest BCUT2D eigenvalue weighted by atomic mass is 31.1. The molecule has 180 valence electrons. The second-order valence-electron chi connectivity index (χ2n) is 7.72. The fraction of sp³-hybridized carbons (Fsp3) is 0.750. The van der Waals surface area contributed by atoms with Crippen molar-refractivity contribution in [2.45, 2.75) is 86.0 Å². The van der Waals surface area contributed by atoms with Crippen molar-refractivity contribution in [3.05, 3.63) is 17.9 Å². The van der Waals surface area contributed by atoms with Crippen LogP contribution in [-0.2, 0) is 23.6 Å². The number of hydrogen-bond donors (Lipinski definition) is 1. The number of rotatable bonds is 15. The average molecular weight is 459 g/mol. The van der Waals surface area contributed by atoms with Gasteiger partial charge in [0, 0.05) is 12.3 Å². The Morgan fingerprint density at radius 3 is 1.68 bits per heavy atom. The SMILES string of the molecule is C=C(O)C(=O)OC.CCCCC(CC)CP(CC(CC)CCCC)OC(=O)C(C)=C=O. The molecule has 0 heterocycles. The summed E-state index contributed by atoms with van der Waals surface area (Å²) in [6.45, 7) is 13.3. The van der Waals surface area contributed by atoms with E-state index in [1.165, 1.54) is 52.6 Å². The maximum atomic E-state index is 12.0. The summed E-state index contributed by atoms with van der Waals surface area (Å²) in [4.78, 5) is 32.7. The lowest BCUT2D eigenvalue weighted by Crippen LogP contribution is -2.15. The van der Waals surface area contributed by atoms with Gasteiger partial charge in [0.15, 0.2) is 5.76 Å². The molecule has 0 aromatic heterocycles. The van der Waals surface area contributed by atoms with E-state index in [-0.39, 0.29) is 5.57 Å². The first kappa shape index (κ1) is 31.5. The Morgan fingerprint density at radius 1 is 0.968 bits per heavy atom. The van der Waals surface area contributed by atoms with Gasteiger partial charge >= 0.3 is 11.9 Å². The Kier molecular flexibility index (Phi) is 20.6. The summed E-state index contributed by atoms with van der Waals surface area (Å²) in [5.74, 6) is 1.09. The van der Waals surface area contributed by atoms with Crippen LogP contribution >= 0.6 is 8.15 Å².